The molecule has 34 heavy (non-hydrogen) atoms. The van der Waals surface area contributed by atoms with Gasteiger partial charge in [0.25, 0.3) is 5.91 Å². The zero-order valence-corrected chi connectivity index (χ0v) is 20.1. The van der Waals surface area contributed by atoms with Gasteiger partial charge in [0.2, 0.25) is 0 Å². The highest BCUT2D eigenvalue weighted by atomic mass is 16.5. The SMILES string of the molecule is COc1cc(OC)c(C2C(C(=O)Nc3ccc(C)cn3)=C(C)NC3=C2C(=O)CCC3)cc1OC. The number of carbonyl (C=O) groups excluding carboxylic acids is 2. The number of hydrogen-bond donors (Lipinski definition) is 2. The van der Waals surface area contributed by atoms with Crippen molar-refractivity contribution in [1.29, 1.82) is 0 Å². The number of amides is 1. The molecule has 0 radical (unpaired) electrons. The first-order valence-corrected chi connectivity index (χ1v) is 11.2. The van der Waals surface area contributed by atoms with E-state index < -0.39 is 5.92 Å². The summed E-state index contributed by atoms with van der Waals surface area (Å²) in [5.74, 6) is 0.959. The Labute approximate surface area is 199 Å². The summed E-state index contributed by atoms with van der Waals surface area (Å²) in [6.45, 7) is 3.78. The summed E-state index contributed by atoms with van der Waals surface area (Å²) in [5.41, 5.74) is 4.20. The molecule has 2 aromatic rings. The van der Waals surface area contributed by atoms with E-state index >= 15 is 0 Å². The van der Waals surface area contributed by atoms with Crippen LogP contribution in [-0.4, -0.2) is 38.0 Å². The number of aryl methyl sites for hydroxylation is 1. The molecule has 8 nitrogen and oxygen atoms in total. The van der Waals surface area contributed by atoms with Crippen LogP contribution in [0, 0.1) is 6.92 Å². The average molecular weight is 464 g/mol. The maximum atomic E-state index is 13.6. The summed E-state index contributed by atoms with van der Waals surface area (Å²) in [5, 5.41) is 6.21. The fourth-order valence-corrected chi connectivity index (χ4v) is 4.60. The Morgan fingerprint density at radius 1 is 1.03 bits per heavy atom. The number of Topliss-reactive ketones (excluding diaryl/α,β-unsaturated/α-hetero) is 1. The first-order chi connectivity index (χ1) is 16.4. The Morgan fingerprint density at radius 2 is 1.74 bits per heavy atom. The number of benzene rings is 1. The van der Waals surface area contributed by atoms with Gasteiger partial charge in [0, 0.05) is 46.8 Å². The highest BCUT2D eigenvalue weighted by Crippen LogP contribution is 2.48. The molecule has 1 unspecified atom stereocenters. The molecule has 0 saturated heterocycles. The number of nitrogens with one attached hydrogen (secondary N) is 2. The Balaban J connectivity index is 1.88. The van der Waals surface area contributed by atoms with Crippen molar-refractivity contribution in [2.45, 2.75) is 39.0 Å². The van der Waals surface area contributed by atoms with E-state index in [0.29, 0.717) is 51.9 Å². The van der Waals surface area contributed by atoms with Gasteiger partial charge in [-0.05, 0) is 44.4 Å². The molecule has 1 aromatic carbocycles. The van der Waals surface area contributed by atoms with Crippen LogP contribution in [0.25, 0.3) is 0 Å². The van der Waals surface area contributed by atoms with E-state index in [2.05, 4.69) is 15.6 Å². The predicted molar refractivity (Wildman–Crippen MR) is 128 cm³/mol. The van der Waals surface area contributed by atoms with Crippen LogP contribution in [0.1, 0.15) is 43.2 Å². The van der Waals surface area contributed by atoms with Gasteiger partial charge in [-0.3, -0.25) is 9.59 Å². The molecule has 0 bridgehead atoms. The monoisotopic (exact) mass is 463 g/mol. The van der Waals surface area contributed by atoms with Crippen LogP contribution in [0.4, 0.5) is 5.82 Å². The molecule has 0 fully saturated rings. The van der Waals surface area contributed by atoms with Gasteiger partial charge < -0.3 is 24.8 Å². The van der Waals surface area contributed by atoms with Crippen molar-refractivity contribution in [1.82, 2.24) is 10.3 Å². The van der Waals surface area contributed by atoms with Gasteiger partial charge in [-0.2, -0.15) is 0 Å². The zero-order valence-electron chi connectivity index (χ0n) is 20.1. The second-order valence-corrected chi connectivity index (χ2v) is 8.39. The molecule has 0 spiro atoms. The number of rotatable bonds is 6. The maximum Gasteiger partial charge on any atom is 0.255 e. The van der Waals surface area contributed by atoms with E-state index in [1.165, 1.54) is 0 Å². The van der Waals surface area contributed by atoms with Gasteiger partial charge >= 0.3 is 0 Å². The first-order valence-electron chi connectivity index (χ1n) is 11.2. The third-order valence-corrected chi connectivity index (χ3v) is 6.22. The van der Waals surface area contributed by atoms with Gasteiger partial charge in [0.1, 0.15) is 11.6 Å². The fraction of sp³-hybridized carbons (Fsp3) is 0.346. The second kappa shape index (κ2) is 9.59. The molecule has 1 amide bonds. The third-order valence-electron chi connectivity index (χ3n) is 6.22. The van der Waals surface area contributed by atoms with E-state index in [1.807, 2.05) is 19.9 Å². The number of pyridine rings is 1. The number of carbonyl (C=O) groups is 2. The van der Waals surface area contributed by atoms with Gasteiger partial charge in [-0.25, -0.2) is 4.98 Å². The predicted octanol–water partition coefficient (Wildman–Crippen LogP) is 4.02. The van der Waals surface area contributed by atoms with Crippen molar-refractivity contribution < 1.29 is 23.8 Å². The largest absolute Gasteiger partial charge is 0.496 e. The molecule has 1 atom stereocenters. The standard InChI is InChI=1S/C26H29N3O5/c1-14-9-10-22(27-13-14)29-26(31)23-15(2)28-17-7-6-8-18(30)25(17)24(23)16-11-20(33-4)21(34-5)12-19(16)32-3/h9-13,24,28H,6-8H2,1-5H3,(H,27,29,31). The lowest BCUT2D eigenvalue weighted by Gasteiger charge is -2.35. The van der Waals surface area contributed by atoms with E-state index in [1.54, 1.807) is 45.7 Å². The molecule has 2 N–H and O–H groups in total. The number of ketones is 1. The van der Waals surface area contributed by atoms with E-state index in [4.69, 9.17) is 14.2 Å². The summed E-state index contributed by atoms with van der Waals surface area (Å²) >= 11 is 0. The minimum atomic E-state index is -0.635. The van der Waals surface area contributed by atoms with Gasteiger partial charge in [0.05, 0.1) is 27.2 Å². The number of dihydropyridines is 1. The average Bonchev–Trinajstić information content (AvgIpc) is 2.83. The van der Waals surface area contributed by atoms with Crippen LogP contribution in [0.5, 0.6) is 17.2 Å². The summed E-state index contributed by atoms with van der Waals surface area (Å²) < 4.78 is 16.7. The van der Waals surface area contributed by atoms with Crippen LogP contribution < -0.4 is 24.8 Å². The third kappa shape index (κ3) is 4.23. The lowest BCUT2D eigenvalue weighted by molar-refractivity contribution is -0.116. The summed E-state index contributed by atoms with van der Waals surface area (Å²) in [4.78, 5) is 31.1. The molecule has 1 aromatic heterocycles. The quantitative estimate of drug-likeness (QED) is 0.668. The van der Waals surface area contributed by atoms with Gasteiger partial charge in [0.15, 0.2) is 17.3 Å². The minimum Gasteiger partial charge on any atom is -0.496 e. The summed E-state index contributed by atoms with van der Waals surface area (Å²) in [6.07, 6.45) is 3.62. The highest BCUT2D eigenvalue weighted by molar-refractivity contribution is 6.09. The molecule has 8 heteroatoms. The fourth-order valence-electron chi connectivity index (χ4n) is 4.60. The normalized spacial score (nSPS) is 17.7. The smallest absolute Gasteiger partial charge is 0.255 e. The molecule has 2 aliphatic rings. The highest BCUT2D eigenvalue weighted by Gasteiger charge is 2.40. The number of anilines is 1. The van der Waals surface area contributed by atoms with Crippen molar-refractivity contribution in [2.24, 2.45) is 0 Å². The molecule has 4 rings (SSSR count). The van der Waals surface area contributed by atoms with Crippen LogP contribution in [-0.2, 0) is 9.59 Å². The lowest BCUT2D eigenvalue weighted by Crippen LogP contribution is -2.35. The van der Waals surface area contributed by atoms with Crippen molar-refractivity contribution in [3.05, 3.63) is 64.1 Å². The number of hydrogen-bond acceptors (Lipinski definition) is 7. The molecule has 2 heterocycles. The first kappa shape index (κ1) is 23.4. The van der Waals surface area contributed by atoms with Gasteiger partial charge in [-0.1, -0.05) is 6.07 Å². The van der Waals surface area contributed by atoms with Crippen molar-refractivity contribution >= 4 is 17.5 Å². The number of methoxy groups -OCH3 is 3. The number of ether oxygens (including phenoxy) is 3. The Morgan fingerprint density at radius 3 is 2.38 bits per heavy atom. The Kier molecular flexibility index (Phi) is 6.58. The Bertz CT molecular complexity index is 1200. The molecular formula is C26H29N3O5. The van der Waals surface area contributed by atoms with E-state index in [0.717, 1.165) is 24.1 Å². The molecule has 178 valence electrons. The van der Waals surface area contributed by atoms with E-state index in [9.17, 15) is 9.59 Å². The summed E-state index contributed by atoms with van der Waals surface area (Å²) in [7, 11) is 4.64. The number of allylic oxidation sites excluding steroid dienone is 3. The summed E-state index contributed by atoms with van der Waals surface area (Å²) in [6, 6.07) is 7.13. The topological polar surface area (TPSA) is 98.8 Å². The molecular weight excluding hydrogens is 434 g/mol. The number of nitrogens with zero attached hydrogens (tertiary/aromatic N) is 1. The van der Waals surface area contributed by atoms with Crippen molar-refractivity contribution in [2.75, 3.05) is 26.6 Å². The zero-order chi connectivity index (χ0) is 24.4. The molecule has 1 aliphatic carbocycles. The minimum absolute atomic E-state index is 0.0156. The van der Waals surface area contributed by atoms with Crippen LogP contribution in [0.2, 0.25) is 0 Å². The number of aromatic nitrogens is 1. The lowest BCUT2D eigenvalue weighted by atomic mass is 9.74. The van der Waals surface area contributed by atoms with Gasteiger partial charge in [-0.15, -0.1) is 0 Å². The van der Waals surface area contributed by atoms with Crippen molar-refractivity contribution in [3.8, 4) is 17.2 Å². The van der Waals surface area contributed by atoms with E-state index in [-0.39, 0.29) is 11.7 Å². The van der Waals surface area contributed by atoms with Crippen LogP contribution >= 0.6 is 0 Å². The molecule has 0 saturated carbocycles. The van der Waals surface area contributed by atoms with Crippen LogP contribution in [0.3, 0.4) is 0 Å². The second-order valence-electron chi connectivity index (χ2n) is 8.39. The molecule has 1 aliphatic heterocycles. The Hall–Kier alpha value is -3.81. The maximum absolute atomic E-state index is 13.6. The van der Waals surface area contributed by atoms with Crippen molar-refractivity contribution in [3.63, 3.8) is 0 Å². The van der Waals surface area contributed by atoms with Crippen LogP contribution in [0.15, 0.2) is 53.0 Å².